The molecular formula is C11H17BrN4. The van der Waals surface area contributed by atoms with Crippen molar-refractivity contribution in [3.63, 3.8) is 0 Å². The highest BCUT2D eigenvalue weighted by atomic mass is 79.9. The zero-order valence-electron chi connectivity index (χ0n) is 9.73. The molecule has 0 aliphatic carbocycles. The number of hydrogen-bond acceptors (Lipinski definition) is 4. The molecule has 16 heavy (non-hydrogen) atoms. The predicted molar refractivity (Wildman–Crippen MR) is 68.7 cm³/mol. The highest BCUT2D eigenvalue weighted by Crippen LogP contribution is 2.19. The Labute approximate surface area is 105 Å². The molecule has 1 atom stereocenters. The van der Waals surface area contributed by atoms with E-state index in [0.717, 1.165) is 30.1 Å². The van der Waals surface area contributed by atoms with Crippen molar-refractivity contribution in [2.24, 2.45) is 0 Å². The molecule has 1 unspecified atom stereocenters. The number of nitrogens with zero attached hydrogens (tertiary/aromatic N) is 4. The second-order valence-corrected chi connectivity index (χ2v) is 5.08. The van der Waals surface area contributed by atoms with Crippen molar-refractivity contribution in [1.82, 2.24) is 14.9 Å². The van der Waals surface area contributed by atoms with Crippen LogP contribution in [0.1, 0.15) is 13.3 Å². The van der Waals surface area contributed by atoms with Gasteiger partial charge in [-0.05, 0) is 35.9 Å². The number of likely N-dealkylation sites (N-methyl/N-ethyl adjacent to an activating group) is 1. The van der Waals surface area contributed by atoms with Crippen LogP contribution < -0.4 is 4.90 Å². The molecule has 1 aliphatic rings. The van der Waals surface area contributed by atoms with Gasteiger partial charge in [-0.15, -0.1) is 0 Å². The summed E-state index contributed by atoms with van der Waals surface area (Å²) in [6.07, 6.45) is 4.81. The maximum absolute atomic E-state index is 4.33. The molecule has 0 aromatic carbocycles. The monoisotopic (exact) mass is 284 g/mol. The van der Waals surface area contributed by atoms with Crippen LogP contribution in [0, 0.1) is 0 Å². The molecule has 1 aliphatic heterocycles. The maximum Gasteiger partial charge on any atom is 0.225 e. The predicted octanol–water partition coefficient (Wildman–Crippen LogP) is 1.77. The number of halogens is 1. The van der Waals surface area contributed by atoms with E-state index in [2.05, 4.69) is 49.7 Å². The topological polar surface area (TPSA) is 32.3 Å². The number of hydrogen-bond donors (Lipinski definition) is 0. The Morgan fingerprint density at radius 1 is 1.50 bits per heavy atom. The van der Waals surface area contributed by atoms with E-state index in [1.807, 2.05) is 0 Å². The minimum Gasteiger partial charge on any atom is -0.339 e. The molecule has 0 spiro atoms. The lowest BCUT2D eigenvalue weighted by Gasteiger charge is -2.22. The van der Waals surface area contributed by atoms with Crippen LogP contribution in [0.2, 0.25) is 0 Å². The normalized spacial score (nSPS) is 20.8. The zero-order chi connectivity index (χ0) is 11.5. The van der Waals surface area contributed by atoms with Crippen LogP contribution in [0.5, 0.6) is 0 Å². The number of rotatable bonds is 3. The average Bonchev–Trinajstić information content (AvgIpc) is 2.78. The quantitative estimate of drug-likeness (QED) is 0.847. The maximum atomic E-state index is 4.33. The van der Waals surface area contributed by atoms with Crippen LogP contribution in [0.25, 0.3) is 0 Å². The standard InChI is InChI=1S/C11H17BrN4/c1-3-15(2)10-4-5-16(8-10)11-13-6-9(12)7-14-11/h6-7,10H,3-5,8H2,1-2H3. The Morgan fingerprint density at radius 3 is 2.81 bits per heavy atom. The second-order valence-electron chi connectivity index (χ2n) is 4.16. The molecule has 88 valence electrons. The van der Waals surface area contributed by atoms with Gasteiger partial charge in [-0.3, -0.25) is 0 Å². The lowest BCUT2D eigenvalue weighted by Crippen LogP contribution is -2.34. The summed E-state index contributed by atoms with van der Waals surface area (Å²) in [4.78, 5) is 13.3. The summed E-state index contributed by atoms with van der Waals surface area (Å²) in [6, 6.07) is 0.636. The third-order valence-corrected chi connectivity index (χ3v) is 3.58. The summed E-state index contributed by atoms with van der Waals surface area (Å²) in [5.74, 6) is 0.843. The Hall–Kier alpha value is -0.680. The van der Waals surface area contributed by atoms with E-state index in [0.29, 0.717) is 6.04 Å². The summed E-state index contributed by atoms with van der Waals surface area (Å²) in [6.45, 7) is 5.38. The average molecular weight is 285 g/mol. The Morgan fingerprint density at radius 2 is 2.19 bits per heavy atom. The van der Waals surface area contributed by atoms with Crippen molar-refractivity contribution < 1.29 is 0 Å². The third-order valence-electron chi connectivity index (χ3n) is 3.18. The summed E-state index contributed by atoms with van der Waals surface area (Å²) in [5, 5.41) is 0. The van der Waals surface area contributed by atoms with Crippen LogP contribution in [-0.4, -0.2) is 47.6 Å². The van der Waals surface area contributed by atoms with E-state index >= 15 is 0 Å². The van der Waals surface area contributed by atoms with Crippen molar-refractivity contribution in [1.29, 1.82) is 0 Å². The van der Waals surface area contributed by atoms with Crippen LogP contribution in [0.4, 0.5) is 5.95 Å². The van der Waals surface area contributed by atoms with Crippen molar-refractivity contribution >= 4 is 21.9 Å². The van der Waals surface area contributed by atoms with Gasteiger partial charge in [0.25, 0.3) is 0 Å². The first-order valence-electron chi connectivity index (χ1n) is 5.63. The molecule has 2 rings (SSSR count). The first-order chi connectivity index (χ1) is 7.70. The molecule has 1 saturated heterocycles. The fraction of sp³-hybridized carbons (Fsp3) is 0.636. The van der Waals surface area contributed by atoms with Gasteiger partial charge in [0.05, 0.1) is 4.47 Å². The highest BCUT2D eigenvalue weighted by molar-refractivity contribution is 9.10. The minimum absolute atomic E-state index is 0.636. The van der Waals surface area contributed by atoms with Gasteiger partial charge in [-0.25, -0.2) is 9.97 Å². The number of aromatic nitrogens is 2. The second kappa shape index (κ2) is 5.10. The Balaban J connectivity index is 2.00. The van der Waals surface area contributed by atoms with Gasteiger partial charge in [-0.1, -0.05) is 6.92 Å². The molecule has 2 heterocycles. The van der Waals surface area contributed by atoms with Gasteiger partial charge in [0.1, 0.15) is 0 Å². The number of anilines is 1. The van der Waals surface area contributed by atoms with Crippen LogP contribution in [-0.2, 0) is 0 Å². The van der Waals surface area contributed by atoms with Crippen molar-refractivity contribution in [3.8, 4) is 0 Å². The van der Waals surface area contributed by atoms with Crippen molar-refractivity contribution in [2.45, 2.75) is 19.4 Å². The summed E-state index contributed by atoms with van der Waals surface area (Å²) < 4.78 is 0.928. The molecule has 0 saturated carbocycles. The van der Waals surface area contributed by atoms with E-state index in [1.165, 1.54) is 6.42 Å². The molecular weight excluding hydrogens is 268 g/mol. The molecule has 0 bridgehead atoms. The smallest absolute Gasteiger partial charge is 0.225 e. The van der Waals surface area contributed by atoms with Gasteiger partial charge in [0.15, 0.2) is 0 Å². The van der Waals surface area contributed by atoms with E-state index in [-0.39, 0.29) is 0 Å². The van der Waals surface area contributed by atoms with E-state index in [1.54, 1.807) is 12.4 Å². The van der Waals surface area contributed by atoms with Crippen LogP contribution in [0.3, 0.4) is 0 Å². The zero-order valence-corrected chi connectivity index (χ0v) is 11.3. The summed E-state index contributed by atoms with van der Waals surface area (Å²) in [7, 11) is 2.18. The van der Waals surface area contributed by atoms with E-state index < -0.39 is 0 Å². The lowest BCUT2D eigenvalue weighted by atomic mass is 10.2. The molecule has 1 aromatic rings. The van der Waals surface area contributed by atoms with Crippen LogP contribution in [0.15, 0.2) is 16.9 Å². The molecule has 1 aromatic heterocycles. The summed E-state index contributed by atoms with van der Waals surface area (Å²) in [5.41, 5.74) is 0. The summed E-state index contributed by atoms with van der Waals surface area (Å²) >= 11 is 3.35. The largest absolute Gasteiger partial charge is 0.339 e. The van der Waals surface area contributed by atoms with Gasteiger partial charge in [-0.2, -0.15) is 0 Å². The van der Waals surface area contributed by atoms with E-state index in [4.69, 9.17) is 0 Å². The molecule has 5 heteroatoms. The van der Waals surface area contributed by atoms with Gasteiger partial charge >= 0.3 is 0 Å². The first kappa shape index (κ1) is 11.8. The molecule has 0 radical (unpaired) electrons. The molecule has 0 N–H and O–H groups in total. The Bertz CT molecular complexity index is 340. The minimum atomic E-state index is 0.636. The van der Waals surface area contributed by atoms with Gasteiger partial charge < -0.3 is 9.80 Å². The van der Waals surface area contributed by atoms with Gasteiger partial charge in [0.2, 0.25) is 5.95 Å². The molecule has 1 fully saturated rings. The fourth-order valence-corrected chi connectivity index (χ4v) is 2.21. The van der Waals surface area contributed by atoms with Gasteiger partial charge in [0, 0.05) is 31.5 Å². The molecule has 4 nitrogen and oxygen atoms in total. The third kappa shape index (κ3) is 2.52. The Kier molecular flexibility index (Phi) is 3.76. The highest BCUT2D eigenvalue weighted by Gasteiger charge is 2.26. The molecule has 0 amide bonds. The van der Waals surface area contributed by atoms with Crippen molar-refractivity contribution in [3.05, 3.63) is 16.9 Å². The SMILES string of the molecule is CCN(C)C1CCN(c2ncc(Br)cn2)C1. The van der Waals surface area contributed by atoms with Crippen molar-refractivity contribution in [2.75, 3.05) is 31.6 Å². The first-order valence-corrected chi connectivity index (χ1v) is 6.42. The fourth-order valence-electron chi connectivity index (χ4n) is 2.01. The lowest BCUT2D eigenvalue weighted by molar-refractivity contribution is 0.272. The van der Waals surface area contributed by atoms with Crippen LogP contribution >= 0.6 is 15.9 Å². The van der Waals surface area contributed by atoms with E-state index in [9.17, 15) is 0 Å².